The number of nitrogens with one attached hydrogen (secondary N) is 3. The predicted octanol–water partition coefficient (Wildman–Crippen LogP) is -1.16. The van der Waals surface area contributed by atoms with Crippen molar-refractivity contribution >= 4 is 29.6 Å². The normalized spacial score (nSPS) is 15.8. The highest BCUT2D eigenvalue weighted by Gasteiger charge is 2.30. The molecule has 5 atom stereocenters. The Hall–Kier alpha value is -2.69. The third-order valence-corrected chi connectivity index (χ3v) is 5.09. The Morgan fingerprint density at radius 3 is 1.97 bits per heavy atom. The molecule has 0 saturated carbocycles. The number of amides is 4. The topological polar surface area (TPSA) is 194 Å². The lowest BCUT2D eigenvalue weighted by Gasteiger charge is -2.26. The first kappa shape index (κ1) is 27.3. The highest BCUT2D eigenvalue weighted by molar-refractivity contribution is 5.92. The van der Waals surface area contributed by atoms with Crippen molar-refractivity contribution in [3.63, 3.8) is 0 Å². The molecule has 5 unspecified atom stereocenters. The van der Waals surface area contributed by atoms with Crippen LogP contribution in [0.15, 0.2) is 0 Å². The Labute approximate surface area is 176 Å². The molecule has 11 nitrogen and oxygen atoms in total. The maximum Gasteiger partial charge on any atom is 0.326 e. The van der Waals surface area contributed by atoms with Crippen LogP contribution >= 0.6 is 0 Å². The molecule has 11 heteroatoms. The van der Waals surface area contributed by atoms with E-state index in [-0.39, 0.29) is 24.7 Å². The fourth-order valence-corrected chi connectivity index (χ4v) is 2.53. The number of primary amides is 1. The number of carbonyl (C=O) groups is 5. The average Bonchev–Trinajstić information content (AvgIpc) is 2.70. The van der Waals surface area contributed by atoms with Gasteiger partial charge >= 0.3 is 5.97 Å². The molecular formula is C19H35N5O6. The van der Waals surface area contributed by atoms with Crippen LogP contribution in [0, 0.1) is 11.8 Å². The molecule has 0 aliphatic heterocycles. The first-order valence-corrected chi connectivity index (χ1v) is 10.1. The van der Waals surface area contributed by atoms with Gasteiger partial charge in [-0.05, 0) is 18.3 Å². The van der Waals surface area contributed by atoms with Gasteiger partial charge in [-0.15, -0.1) is 0 Å². The van der Waals surface area contributed by atoms with Crippen LogP contribution in [0.1, 0.15) is 53.4 Å². The van der Waals surface area contributed by atoms with Gasteiger partial charge in [0.25, 0.3) is 0 Å². The molecule has 0 aromatic rings. The van der Waals surface area contributed by atoms with Gasteiger partial charge in [0.2, 0.25) is 23.6 Å². The van der Waals surface area contributed by atoms with E-state index in [1.807, 2.05) is 20.8 Å². The second kappa shape index (κ2) is 13.5. The number of carbonyl (C=O) groups excluding carboxylic acids is 4. The number of carboxylic acids is 1. The smallest absolute Gasteiger partial charge is 0.326 e. The number of rotatable bonds is 14. The van der Waals surface area contributed by atoms with E-state index in [0.29, 0.717) is 12.8 Å². The molecule has 0 fully saturated rings. The van der Waals surface area contributed by atoms with Gasteiger partial charge in [-0.3, -0.25) is 19.2 Å². The molecule has 0 heterocycles. The van der Waals surface area contributed by atoms with Gasteiger partial charge in [0, 0.05) is 6.42 Å². The minimum Gasteiger partial charge on any atom is -0.480 e. The van der Waals surface area contributed by atoms with Gasteiger partial charge in [-0.25, -0.2) is 4.79 Å². The minimum absolute atomic E-state index is 0.0650. The fraction of sp³-hybridized carbons (Fsp3) is 0.737. The first-order valence-electron chi connectivity index (χ1n) is 10.1. The Morgan fingerprint density at radius 2 is 1.50 bits per heavy atom. The Bertz CT molecular complexity index is 627. The van der Waals surface area contributed by atoms with Gasteiger partial charge in [-0.1, -0.05) is 40.5 Å². The van der Waals surface area contributed by atoms with E-state index in [4.69, 9.17) is 16.6 Å². The van der Waals surface area contributed by atoms with Crippen LogP contribution in [0.3, 0.4) is 0 Å². The number of hydrogen-bond donors (Lipinski definition) is 6. The summed E-state index contributed by atoms with van der Waals surface area (Å²) in [6.45, 7) is 6.89. The molecule has 0 aliphatic carbocycles. The molecule has 0 saturated heterocycles. The Morgan fingerprint density at radius 1 is 0.933 bits per heavy atom. The van der Waals surface area contributed by atoms with Crippen molar-refractivity contribution in [3.05, 3.63) is 0 Å². The predicted molar refractivity (Wildman–Crippen MR) is 110 cm³/mol. The summed E-state index contributed by atoms with van der Waals surface area (Å²) in [7, 11) is 0. The van der Waals surface area contributed by atoms with E-state index in [2.05, 4.69) is 16.0 Å². The Balaban J connectivity index is 4.92. The summed E-state index contributed by atoms with van der Waals surface area (Å²) in [5, 5.41) is 16.4. The molecule has 0 aromatic carbocycles. The molecule has 8 N–H and O–H groups in total. The van der Waals surface area contributed by atoms with Crippen LogP contribution < -0.4 is 27.4 Å². The highest BCUT2D eigenvalue weighted by Crippen LogP contribution is 2.10. The van der Waals surface area contributed by atoms with Gasteiger partial charge in [0.1, 0.15) is 12.1 Å². The number of hydrogen-bond acceptors (Lipinski definition) is 6. The van der Waals surface area contributed by atoms with Gasteiger partial charge in [0.05, 0.1) is 12.6 Å². The summed E-state index contributed by atoms with van der Waals surface area (Å²) in [4.78, 5) is 58.9. The second-order valence-corrected chi connectivity index (χ2v) is 7.46. The summed E-state index contributed by atoms with van der Waals surface area (Å²) in [5.41, 5.74) is 10.9. The molecule has 0 aliphatic rings. The largest absolute Gasteiger partial charge is 0.480 e. The fourth-order valence-electron chi connectivity index (χ4n) is 2.53. The van der Waals surface area contributed by atoms with E-state index in [1.54, 1.807) is 6.92 Å². The zero-order valence-corrected chi connectivity index (χ0v) is 18.1. The van der Waals surface area contributed by atoms with Crippen molar-refractivity contribution in [1.29, 1.82) is 0 Å². The molecule has 172 valence electrons. The average molecular weight is 430 g/mol. The third-order valence-electron chi connectivity index (χ3n) is 5.09. The van der Waals surface area contributed by atoms with Crippen LogP contribution in [0.5, 0.6) is 0 Å². The molecule has 0 rings (SSSR count). The standard InChI is InChI=1S/C19H35N5O6/c1-5-10(3)15(21)17(27)24-16(11(4)6-2)18(28)22-9-14(26)23-12(19(29)30)7-8-13(20)25/h10-12,15-16H,5-9,21H2,1-4H3,(H2,20,25)(H,22,28)(H,23,26)(H,24,27)(H,29,30). The highest BCUT2D eigenvalue weighted by atomic mass is 16.4. The third kappa shape index (κ3) is 9.68. The van der Waals surface area contributed by atoms with Crippen LogP contribution in [0.2, 0.25) is 0 Å². The summed E-state index contributed by atoms with van der Waals surface area (Å²) in [6, 6.07) is -2.96. The SMILES string of the molecule is CCC(C)C(N)C(=O)NC(C(=O)NCC(=O)NC(CCC(N)=O)C(=O)O)C(C)CC. The summed E-state index contributed by atoms with van der Waals surface area (Å²) in [6.07, 6.45) is 0.929. The van der Waals surface area contributed by atoms with Crippen molar-refractivity contribution in [3.8, 4) is 0 Å². The van der Waals surface area contributed by atoms with Crippen molar-refractivity contribution in [1.82, 2.24) is 16.0 Å². The summed E-state index contributed by atoms with van der Waals surface area (Å²) in [5.74, 6) is -4.06. The van der Waals surface area contributed by atoms with Gasteiger partial charge < -0.3 is 32.5 Å². The lowest BCUT2D eigenvalue weighted by molar-refractivity contribution is -0.142. The van der Waals surface area contributed by atoms with E-state index < -0.39 is 54.3 Å². The maximum atomic E-state index is 12.6. The summed E-state index contributed by atoms with van der Waals surface area (Å²) >= 11 is 0. The van der Waals surface area contributed by atoms with Gasteiger partial charge in [0.15, 0.2) is 0 Å². The van der Waals surface area contributed by atoms with E-state index in [0.717, 1.165) is 0 Å². The zero-order chi connectivity index (χ0) is 23.4. The van der Waals surface area contributed by atoms with E-state index in [1.165, 1.54) is 0 Å². The van der Waals surface area contributed by atoms with E-state index in [9.17, 15) is 24.0 Å². The lowest BCUT2D eigenvalue weighted by Crippen LogP contribution is -2.56. The molecule has 4 amide bonds. The molecule has 30 heavy (non-hydrogen) atoms. The van der Waals surface area contributed by atoms with E-state index >= 15 is 0 Å². The van der Waals surface area contributed by atoms with Crippen LogP contribution in [0.4, 0.5) is 0 Å². The minimum atomic E-state index is -1.32. The molecule has 0 spiro atoms. The van der Waals surface area contributed by atoms with Crippen LogP contribution in [0.25, 0.3) is 0 Å². The number of aliphatic carboxylic acids is 1. The lowest BCUT2D eigenvalue weighted by atomic mass is 9.95. The summed E-state index contributed by atoms with van der Waals surface area (Å²) < 4.78 is 0. The van der Waals surface area contributed by atoms with Crippen molar-refractivity contribution < 1.29 is 29.1 Å². The monoisotopic (exact) mass is 429 g/mol. The molecule has 0 bridgehead atoms. The van der Waals surface area contributed by atoms with Crippen LogP contribution in [-0.4, -0.2) is 59.4 Å². The second-order valence-electron chi connectivity index (χ2n) is 7.46. The van der Waals surface area contributed by atoms with Crippen molar-refractivity contribution in [2.24, 2.45) is 23.3 Å². The van der Waals surface area contributed by atoms with Crippen molar-refractivity contribution in [2.45, 2.75) is 71.5 Å². The Kier molecular flexibility index (Phi) is 12.3. The van der Waals surface area contributed by atoms with Gasteiger partial charge in [-0.2, -0.15) is 0 Å². The molecule has 0 aromatic heterocycles. The van der Waals surface area contributed by atoms with Crippen LogP contribution in [-0.2, 0) is 24.0 Å². The molecular weight excluding hydrogens is 394 g/mol. The number of nitrogens with two attached hydrogens (primary N) is 2. The van der Waals surface area contributed by atoms with Crippen molar-refractivity contribution in [2.75, 3.05) is 6.54 Å². The molecule has 0 radical (unpaired) electrons. The quantitative estimate of drug-likeness (QED) is 0.200. The maximum absolute atomic E-state index is 12.6. The first-order chi connectivity index (χ1) is 13.9. The number of carboxylic acid groups (broad SMARTS) is 1. The zero-order valence-electron chi connectivity index (χ0n) is 18.1.